The minimum Gasteiger partial charge on any atom is -0.466 e. The standard InChI is InChI=1S/C23H24ClN3O2S/c1-3-11-25-19-13-26-21(15-7-5-6-8-17(15)24)20-16-12-14(23(28)29-4-2)9-10-18(16)30-22(20)27-19/h1,5-8,14,19,25,27H,4,9-13H2,2H3. The molecule has 4 rings (SSSR count). The number of carbonyl (C=O) groups is 1. The lowest BCUT2D eigenvalue weighted by Gasteiger charge is -2.22. The first-order valence-electron chi connectivity index (χ1n) is 10.2. The highest BCUT2D eigenvalue weighted by molar-refractivity contribution is 7.16. The molecule has 0 spiro atoms. The second-order valence-electron chi connectivity index (χ2n) is 7.35. The number of halogens is 1. The van der Waals surface area contributed by atoms with E-state index >= 15 is 0 Å². The molecule has 1 aromatic carbocycles. The first-order chi connectivity index (χ1) is 14.6. The first kappa shape index (κ1) is 20.9. The highest BCUT2D eigenvalue weighted by Crippen LogP contribution is 2.42. The number of aliphatic imine (C=N–C) groups is 1. The predicted octanol–water partition coefficient (Wildman–Crippen LogP) is 3.88. The number of esters is 1. The van der Waals surface area contributed by atoms with E-state index < -0.39 is 0 Å². The van der Waals surface area contributed by atoms with Crippen LogP contribution in [0.5, 0.6) is 0 Å². The molecule has 0 saturated heterocycles. The van der Waals surface area contributed by atoms with Crippen molar-refractivity contribution in [3.63, 3.8) is 0 Å². The van der Waals surface area contributed by atoms with Crippen molar-refractivity contribution in [1.29, 1.82) is 0 Å². The Hall–Kier alpha value is -2.33. The van der Waals surface area contributed by atoms with E-state index in [0.29, 0.717) is 31.1 Å². The second kappa shape index (κ2) is 9.22. The minimum atomic E-state index is -0.123. The molecule has 30 heavy (non-hydrogen) atoms. The van der Waals surface area contributed by atoms with E-state index in [-0.39, 0.29) is 18.1 Å². The van der Waals surface area contributed by atoms with Gasteiger partial charge in [-0.25, -0.2) is 0 Å². The van der Waals surface area contributed by atoms with Gasteiger partial charge in [0.15, 0.2) is 0 Å². The van der Waals surface area contributed by atoms with E-state index in [4.69, 9.17) is 27.8 Å². The van der Waals surface area contributed by atoms with E-state index in [1.54, 1.807) is 11.3 Å². The average molecular weight is 442 g/mol. The van der Waals surface area contributed by atoms with Gasteiger partial charge in [0.1, 0.15) is 0 Å². The fraction of sp³-hybridized carbons (Fsp3) is 0.391. The number of nitrogens with zero attached hydrogens (tertiary/aromatic N) is 1. The SMILES string of the molecule is C#CCNC1CN=C(c2ccccc2Cl)c2c(sc3c2CC(C(=O)OCC)CC3)N1. The summed E-state index contributed by atoms with van der Waals surface area (Å²) >= 11 is 8.29. The quantitative estimate of drug-likeness (QED) is 0.546. The van der Waals surface area contributed by atoms with Gasteiger partial charge in [-0.05, 0) is 37.8 Å². The highest BCUT2D eigenvalue weighted by atomic mass is 35.5. The summed E-state index contributed by atoms with van der Waals surface area (Å²) in [5.74, 6) is 2.38. The molecule has 1 aromatic heterocycles. The van der Waals surface area contributed by atoms with Crippen molar-refractivity contribution in [2.45, 2.75) is 32.4 Å². The Morgan fingerprint density at radius 1 is 1.47 bits per heavy atom. The molecule has 2 aliphatic rings. The molecule has 1 aliphatic heterocycles. The fourth-order valence-corrected chi connectivity index (χ4v) is 5.56. The van der Waals surface area contributed by atoms with E-state index in [2.05, 4.69) is 16.6 Å². The van der Waals surface area contributed by atoms with Crippen LogP contribution in [0, 0.1) is 18.3 Å². The van der Waals surface area contributed by atoms with Gasteiger partial charge in [-0.15, -0.1) is 17.8 Å². The Balaban J connectivity index is 1.78. The summed E-state index contributed by atoms with van der Waals surface area (Å²) in [7, 11) is 0. The lowest BCUT2D eigenvalue weighted by Crippen LogP contribution is -2.38. The maximum Gasteiger partial charge on any atom is 0.309 e. The summed E-state index contributed by atoms with van der Waals surface area (Å²) < 4.78 is 5.30. The normalized spacial score (nSPS) is 20.1. The highest BCUT2D eigenvalue weighted by Gasteiger charge is 2.34. The molecule has 1 aliphatic carbocycles. The number of terminal acetylenes is 1. The fourth-order valence-electron chi connectivity index (χ4n) is 4.03. The van der Waals surface area contributed by atoms with Crippen LogP contribution in [0.2, 0.25) is 5.02 Å². The number of thiophene rings is 1. The molecule has 7 heteroatoms. The van der Waals surface area contributed by atoms with Crippen molar-refractivity contribution in [1.82, 2.24) is 5.32 Å². The molecule has 0 bridgehead atoms. The summed E-state index contributed by atoms with van der Waals surface area (Å²) in [4.78, 5) is 18.7. The van der Waals surface area contributed by atoms with Crippen LogP contribution in [-0.2, 0) is 22.4 Å². The summed E-state index contributed by atoms with van der Waals surface area (Å²) in [5, 5.41) is 8.60. The number of ether oxygens (including phenoxy) is 1. The molecule has 2 unspecified atom stereocenters. The Bertz CT molecular complexity index is 1020. The van der Waals surface area contributed by atoms with E-state index in [0.717, 1.165) is 34.7 Å². The van der Waals surface area contributed by atoms with Gasteiger partial charge in [-0.1, -0.05) is 35.7 Å². The summed E-state index contributed by atoms with van der Waals surface area (Å²) in [6.45, 7) is 3.23. The third-order valence-corrected chi connectivity index (χ3v) is 6.99. The third-order valence-electron chi connectivity index (χ3n) is 5.43. The van der Waals surface area contributed by atoms with Crippen molar-refractivity contribution in [2.75, 3.05) is 25.0 Å². The van der Waals surface area contributed by atoms with Gasteiger partial charge in [0.05, 0.1) is 42.5 Å². The van der Waals surface area contributed by atoms with Gasteiger partial charge in [0.25, 0.3) is 0 Å². The van der Waals surface area contributed by atoms with Crippen LogP contribution in [0.3, 0.4) is 0 Å². The molecule has 2 N–H and O–H groups in total. The number of nitrogens with one attached hydrogen (secondary N) is 2. The molecule has 0 saturated carbocycles. The lowest BCUT2D eigenvalue weighted by molar-refractivity contribution is -0.148. The Labute approximate surface area is 185 Å². The van der Waals surface area contributed by atoms with Crippen LogP contribution in [0.4, 0.5) is 5.00 Å². The zero-order valence-corrected chi connectivity index (χ0v) is 18.4. The van der Waals surface area contributed by atoms with E-state index in [9.17, 15) is 4.79 Å². The van der Waals surface area contributed by atoms with E-state index in [1.807, 2.05) is 31.2 Å². The molecule has 2 heterocycles. The molecular formula is C23H24ClN3O2S. The van der Waals surface area contributed by atoms with Crippen molar-refractivity contribution < 1.29 is 9.53 Å². The Kier molecular flexibility index (Phi) is 6.43. The molecular weight excluding hydrogens is 418 g/mol. The first-order valence-corrected chi connectivity index (χ1v) is 11.4. The van der Waals surface area contributed by atoms with Gasteiger partial charge in [-0.2, -0.15) is 0 Å². The van der Waals surface area contributed by atoms with Crippen LogP contribution in [-0.4, -0.2) is 37.5 Å². The number of aryl methyl sites for hydroxylation is 1. The van der Waals surface area contributed by atoms with Crippen molar-refractivity contribution >= 4 is 39.6 Å². The van der Waals surface area contributed by atoms with Gasteiger partial charge < -0.3 is 10.1 Å². The maximum atomic E-state index is 12.4. The summed E-state index contributed by atoms with van der Waals surface area (Å²) in [6, 6.07) is 7.76. The van der Waals surface area contributed by atoms with Crippen molar-refractivity contribution in [3.8, 4) is 12.3 Å². The number of hydrogen-bond acceptors (Lipinski definition) is 6. The topological polar surface area (TPSA) is 62.7 Å². The van der Waals surface area contributed by atoms with Gasteiger partial charge in [0.2, 0.25) is 0 Å². The number of benzene rings is 1. The van der Waals surface area contributed by atoms with Crippen LogP contribution in [0.1, 0.15) is 34.9 Å². The van der Waals surface area contributed by atoms with Crippen LogP contribution >= 0.6 is 22.9 Å². The number of hydrogen-bond donors (Lipinski definition) is 2. The van der Waals surface area contributed by atoms with Crippen LogP contribution in [0.15, 0.2) is 29.3 Å². The average Bonchev–Trinajstić information content (AvgIpc) is 3.00. The zero-order valence-electron chi connectivity index (χ0n) is 16.8. The zero-order chi connectivity index (χ0) is 21.1. The smallest absolute Gasteiger partial charge is 0.309 e. The molecule has 5 nitrogen and oxygen atoms in total. The monoisotopic (exact) mass is 441 g/mol. The molecule has 0 fully saturated rings. The Morgan fingerprint density at radius 3 is 3.07 bits per heavy atom. The maximum absolute atomic E-state index is 12.4. The van der Waals surface area contributed by atoms with Crippen molar-refractivity contribution in [2.24, 2.45) is 10.9 Å². The van der Waals surface area contributed by atoms with Gasteiger partial charge in [0, 0.05) is 21.0 Å². The summed E-state index contributed by atoms with van der Waals surface area (Å²) in [6.07, 6.45) is 7.69. The third kappa shape index (κ3) is 4.11. The number of fused-ring (bicyclic) bond motifs is 3. The number of anilines is 1. The Morgan fingerprint density at radius 2 is 2.30 bits per heavy atom. The molecule has 2 aromatic rings. The van der Waals surface area contributed by atoms with Gasteiger partial charge >= 0.3 is 5.97 Å². The van der Waals surface area contributed by atoms with E-state index in [1.165, 1.54) is 10.4 Å². The van der Waals surface area contributed by atoms with Gasteiger partial charge in [-0.3, -0.25) is 15.1 Å². The number of rotatable bonds is 5. The summed E-state index contributed by atoms with van der Waals surface area (Å²) in [5.41, 5.74) is 4.01. The molecule has 156 valence electrons. The molecule has 0 radical (unpaired) electrons. The lowest BCUT2D eigenvalue weighted by atomic mass is 9.84. The second-order valence-corrected chi connectivity index (χ2v) is 8.86. The predicted molar refractivity (Wildman–Crippen MR) is 123 cm³/mol. The largest absolute Gasteiger partial charge is 0.466 e. The van der Waals surface area contributed by atoms with Crippen LogP contribution < -0.4 is 10.6 Å². The van der Waals surface area contributed by atoms with Crippen LogP contribution in [0.25, 0.3) is 0 Å². The molecule has 0 amide bonds. The molecule has 2 atom stereocenters. The van der Waals surface area contributed by atoms with Crippen molar-refractivity contribution in [3.05, 3.63) is 50.9 Å². The number of carbonyl (C=O) groups excluding carboxylic acids is 1. The minimum absolute atomic E-state index is 0.0688.